The van der Waals surface area contributed by atoms with Crippen molar-refractivity contribution in [1.29, 1.82) is 0 Å². The number of nitrogen functional groups attached to an aromatic ring is 1. The van der Waals surface area contributed by atoms with E-state index < -0.39 is 0 Å². The molecule has 0 saturated carbocycles. The lowest BCUT2D eigenvalue weighted by Gasteiger charge is -2.32. The average molecular weight is 412 g/mol. The molecule has 1 fully saturated rings. The Morgan fingerprint density at radius 2 is 2.11 bits per heavy atom. The van der Waals surface area contributed by atoms with Gasteiger partial charge in [-0.1, -0.05) is 11.6 Å². The third-order valence-corrected chi connectivity index (χ3v) is 5.99. The third kappa shape index (κ3) is 4.89. The lowest BCUT2D eigenvalue weighted by molar-refractivity contribution is -0.109. The second kappa shape index (κ2) is 9.78. The first kappa shape index (κ1) is 21.2. The zero-order chi connectivity index (χ0) is 20.1. The van der Waals surface area contributed by atoms with Gasteiger partial charge in [0.2, 0.25) is 0 Å². The van der Waals surface area contributed by atoms with Crippen LogP contribution in [0.4, 0.5) is 5.69 Å². The molecule has 2 aliphatic heterocycles. The molecule has 1 aromatic carbocycles. The number of ether oxygens (including phenoxy) is 3. The van der Waals surface area contributed by atoms with E-state index in [-0.39, 0.29) is 12.2 Å². The van der Waals surface area contributed by atoms with Gasteiger partial charge in [-0.05, 0) is 37.9 Å². The lowest BCUT2D eigenvalue weighted by Crippen LogP contribution is -2.39. The van der Waals surface area contributed by atoms with Gasteiger partial charge in [0.25, 0.3) is 5.91 Å². The zero-order valence-corrected chi connectivity index (χ0v) is 17.4. The van der Waals surface area contributed by atoms with E-state index in [1.54, 1.807) is 20.3 Å². The van der Waals surface area contributed by atoms with Crippen LogP contribution in [-0.2, 0) is 15.9 Å². The topological polar surface area (TPSA) is 86.1 Å². The molecule has 1 amide bonds. The number of carbonyl (C=O) groups is 1. The summed E-state index contributed by atoms with van der Waals surface area (Å²) < 4.78 is 16.1. The Kier molecular flexibility index (Phi) is 7.40. The Morgan fingerprint density at radius 3 is 2.79 bits per heavy atom. The van der Waals surface area contributed by atoms with Crippen LogP contribution in [-0.4, -0.2) is 64.1 Å². The lowest BCUT2D eigenvalue weighted by atomic mass is 9.96. The van der Waals surface area contributed by atoms with Crippen LogP contribution in [0.15, 0.2) is 6.07 Å². The second-order valence-electron chi connectivity index (χ2n) is 7.41. The molecule has 8 heteroatoms. The Balaban J connectivity index is 1.47. The number of amides is 1. The van der Waals surface area contributed by atoms with E-state index >= 15 is 0 Å². The molecule has 0 atom stereocenters. The van der Waals surface area contributed by atoms with E-state index in [1.807, 2.05) is 0 Å². The summed E-state index contributed by atoms with van der Waals surface area (Å²) in [6.45, 7) is 4.19. The van der Waals surface area contributed by atoms with Gasteiger partial charge in [0.15, 0.2) is 6.29 Å². The van der Waals surface area contributed by atoms with Crippen molar-refractivity contribution in [2.75, 3.05) is 52.7 Å². The van der Waals surface area contributed by atoms with Gasteiger partial charge in [0, 0.05) is 45.7 Å². The first-order valence-corrected chi connectivity index (χ1v) is 10.2. The van der Waals surface area contributed by atoms with Crippen LogP contribution in [0.5, 0.6) is 5.75 Å². The predicted octanol–water partition coefficient (Wildman–Crippen LogP) is 2.31. The number of anilines is 1. The molecule has 3 N–H and O–H groups in total. The van der Waals surface area contributed by atoms with E-state index in [9.17, 15) is 4.79 Å². The average Bonchev–Trinajstić information content (AvgIpc) is 3.20. The molecule has 1 saturated heterocycles. The number of rotatable bonds is 8. The molecule has 0 bridgehead atoms. The van der Waals surface area contributed by atoms with Crippen molar-refractivity contribution >= 4 is 23.2 Å². The largest absolute Gasteiger partial charge is 0.492 e. The Labute approximate surface area is 171 Å². The molecule has 0 unspecified atom stereocenters. The minimum absolute atomic E-state index is 0.146. The zero-order valence-electron chi connectivity index (χ0n) is 16.6. The molecule has 0 spiro atoms. The van der Waals surface area contributed by atoms with Crippen molar-refractivity contribution in [2.45, 2.75) is 32.0 Å². The fourth-order valence-corrected chi connectivity index (χ4v) is 4.13. The summed E-state index contributed by atoms with van der Waals surface area (Å²) in [4.78, 5) is 15.1. The fraction of sp³-hybridized carbons (Fsp3) is 0.650. The molecule has 0 aromatic heterocycles. The van der Waals surface area contributed by atoms with E-state index in [4.69, 9.17) is 31.5 Å². The van der Waals surface area contributed by atoms with Crippen LogP contribution in [0, 0.1) is 5.92 Å². The first-order valence-electron chi connectivity index (χ1n) is 9.83. The summed E-state index contributed by atoms with van der Waals surface area (Å²) in [5.74, 6) is 0.907. The maximum absolute atomic E-state index is 12.7. The van der Waals surface area contributed by atoms with Crippen molar-refractivity contribution in [3.63, 3.8) is 0 Å². The maximum atomic E-state index is 12.7. The van der Waals surface area contributed by atoms with E-state index in [0.717, 1.165) is 44.5 Å². The number of hydrogen-bond donors (Lipinski definition) is 2. The summed E-state index contributed by atoms with van der Waals surface area (Å²) in [5, 5.41) is 3.46. The number of benzene rings is 1. The maximum Gasteiger partial charge on any atom is 0.255 e. The summed E-state index contributed by atoms with van der Waals surface area (Å²) in [7, 11) is 3.33. The summed E-state index contributed by atoms with van der Waals surface area (Å²) in [6, 6.07) is 1.61. The number of nitrogens with zero attached hydrogens (tertiary/aromatic N) is 1. The van der Waals surface area contributed by atoms with E-state index in [2.05, 4.69) is 10.2 Å². The van der Waals surface area contributed by atoms with Gasteiger partial charge in [-0.3, -0.25) is 4.79 Å². The van der Waals surface area contributed by atoms with Crippen molar-refractivity contribution in [1.82, 2.24) is 10.2 Å². The summed E-state index contributed by atoms with van der Waals surface area (Å²) >= 11 is 6.20. The molecule has 3 rings (SSSR count). The Bertz CT molecular complexity index is 689. The van der Waals surface area contributed by atoms with Gasteiger partial charge < -0.3 is 30.2 Å². The number of carbonyl (C=O) groups excluding carboxylic acids is 1. The van der Waals surface area contributed by atoms with E-state index in [0.29, 0.717) is 47.5 Å². The molecule has 2 heterocycles. The normalized spacial score (nSPS) is 17.6. The minimum Gasteiger partial charge on any atom is -0.492 e. The highest BCUT2D eigenvalue weighted by atomic mass is 35.5. The number of methoxy groups -OCH3 is 2. The van der Waals surface area contributed by atoms with Gasteiger partial charge in [0.1, 0.15) is 5.75 Å². The van der Waals surface area contributed by atoms with Crippen LogP contribution >= 0.6 is 11.6 Å². The van der Waals surface area contributed by atoms with Crippen LogP contribution in [0.3, 0.4) is 0 Å². The molecule has 7 nitrogen and oxygen atoms in total. The highest BCUT2D eigenvalue weighted by molar-refractivity contribution is 6.33. The standard InChI is InChI=1S/C20H30ClN3O4/c1-26-17(27-2)5-9-24-7-3-13(4-8-24)12-23-20(25)15-11-16(21)18(22)14-6-10-28-19(14)15/h11,13,17H,3-10,12,22H2,1-2H3,(H,23,25). The number of hydrogen-bond acceptors (Lipinski definition) is 6. The number of nitrogens with two attached hydrogens (primary N) is 1. The summed E-state index contributed by atoms with van der Waals surface area (Å²) in [6.07, 6.45) is 3.52. The van der Waals surface area contributed by atoms with Crippen LogP contribution in [0.1, 0.15) is 35.2 Å². The molecule has 1 aromatic rings. The Morgan fingerprint density at radius 1 is 1.39 bits per heavy atom. The number of nitrogens with one attached hydrogen (secondary N) is 1. The highest BCUT2D eigenvalue weighted by Crippen LogP contribution is 2.38. The van der Waals surface area contributed by atoms with Crippen molar-refractivity contribution < 1.29 is 19.0 Å². The number of fused-ring (bicyclic) bond motifs is 1. The minimum atomic E-state index is -0.148. The fourth-order valence-electron chi connectivity index (χ4n) is 3.90. The summed E-state index contributed by atoms with van der Waals surface area (Å²) in [5.41, 5.74) is 7.84. The number of piperidine rings is 1. The molecular formula is C20H30ClN3O4. The quantitative estimate of drug-likeness (QED) is 0.504. The first-order chi connectivity index (χ1) is 13.5. The molecule has 156 valence electrons. The van der Waals surface area contributed by atoms with Gasteiger partial charge in [-0.25, -0.2) is 0 Å². The van der Waals surface area contributed by atoms with Crippen molar-refractivity contribution in [2.24, 2.45) is 5.92 Å². The molecule has 28 heavy (non-hydrogen) atoms. The van der Waals surface area contributed by atoms with Crippen LogP contribution in [0.2, 0.25) is 5.02 Å². The second-order valence-corrected chi connectivity index (χ2v) is 7.82. The molecule has 0 radical (unpaired) electrons. The smallest absolute Gasteiger partial charge is 0.255 e. The Hall–Kier alpha value is -1.54. The number of likely N-dealkylation sites (tertiary alicyclic amines) is 1. The molecule has 2 aliphatic rings. The van der Waals surface area contributed by atoms with Gasteiger partial charge in [-0.2, -0.15) is 0 Å². The predicted molar refractivity (Wildman–Crippen MR) is 109 cm³/mol. The van der Waals surface area contributed by atoms with Gasteiger partial charge in [0.05, 0.1) is 22.9 Å². The molecule has 0 aliphatic carbocycles. The third-order valence-electron chi connectivity index (χ3n) is 5.68. The van der Waals surface area contributed by atoms with Crippen LogP contribution < -0.4 is 15.8 Å². The van der Waals surface area contributed by atoms with Crippen LogP contribution in [0.25, 0.3) is 0 Å². The van der Waals surface area contributed by atoms with Crippen molar-refractivity contribution in [3.8, 4) is 5.75 Å². The van der Waals surface area contributed by atoms with Gasteiger partial charge in [-0.15, -0.1) is 0 Å². The molecular weight excluding hydrogens is 382 g/mol. The monoisotopic (exact) mass is 411 g/mol. The highest BCUT2D eigenvalue weighted by Gasteiger charge is 2.26. The van der Waals surface area contributed by atoms with Gasteiger partial charge >= 0.3 is 0 Å². The van der Waals surface area contributed by atoms with E-state index in [1.165, 1.54) is 0 Å². The number of halogens is 1. The SMILES string of the molecule is COC(CCN1CCC(CNC(=O)c2cc(Cl)c(N)c3c2OCC3)CC1)OC. The van der Waals surface area contributed by atoms with Crippen molar-refractivity contribution in [3.05, 3.63) is 22.2 Å².